The summed E-state index contributed by atoms with van der Waals surface area (Å²) in [4.78, 5) is 0. The van der Waals surface area contributed by atoms with E-state index in [1.54, 1.807) is 27.7 Å². The number of hydrogen-bond donors (Lipinski definition) is 4. The minimum atomic E-state index is -0.898. The molecule has 0 bridgehead atoms. The smallest absolute Gasteiger partial charge is 0.162 e. The Morgan fingerprint density at radius 2 is 0.488 bits per heavy atom. The molecule has 0 rings (SSSR count). The van der Waals surface area contributed by atoms with E-state index in [1.165, 1.54) is 0 Å². The molecular formula is C32H72O8Zr. The largest absolute Gasteiger partial charge is 0.366 e. The predicted molar refractivity (Wildman–Crippen MR) is 167 cm³/mol. The molecule has 41 heavy (non-hydrogen) atoms. The molecule has 0 aromatic carbocycles. The number of rotatable bonds is 20. The van der Waals surface area contributed by atoms with Crippen LogP contribution in [0.25, 0.3) is 0 Å². The molecule has 0 saturated carbocycles. The Kier molecular flexibility index (Phi) is 39.9. The first kappa shape index (κ1) is 51.2. The Hall–Kier alpha value is 0.563. The molecule has 4 N–H and O–H groups in total. The molecule has 4 atom stereocenters. The van der Waals surface area contributed by atoms with Gasteiger partial charge in [-0.3, -0.25) is 0 Å². The second kappa shape index (κ2) is 32.0. The summed E-state index contributed by atoms with van der Waals surface area (Å²) in [6.45, 7) is 25.7. The first-order chi connectivity index (χ1) is 18.5. The summed E-state index contributed by atoms with van der Waals surface area (Å²) in [7, 11) is 0. The SMILES string of the molecule is CCCOC(C)(O)CCC.CCCOC(C)(O)CCC.CCCOC(C)(O)CCC.CCCOC(C)(O)CCC.[Zr]. The van der Waals surface area contributed by atoms with Gasteiger partial charge in [-0.2, -0.15) is 0 Å². The van der Waals surface area contributed by atoms with Gasteiger partial charge >= 0.3 is 0 Å². The first-order valence-electron chi connectivity index (χ1n) is 15.9. The van der Waals surface area contributed by atoms with Gasteiger partial charge in [-0.05, 0) is 53.4 Å². The minimum absolute atomic E-state index is 0. The molecule has 0 aromatic heterocycles. The third-order valence-corrected chi connectivity index (χ3v) is 5.32. The molecule has 0 radical (unpaired) electrons. The van der Waals surface area contributed by atoms with E-state index < -0.39 is 23.1 Å². The van der Waals surface area contributed by atoms with Crippen molar-refractivity contribution in [2.75, 3.05) is 26.4 Å². The molecular weight excluding hydrogens is 604 g/mol. The molecule has 0 aromatic rings. The fraction of sp³-hybridized carbons (Fsp3) is 1.00. The molecule has 8 nitrogen and oxygen atoms in total. The van der Waals surface area contributed by atoms with Crippen LogP contribution in [-0.4, -0.2) is 70.0 Å². The first-order valence-corrected chi connectivity index (χ1v) is 15.9. The van der Waals surface area contributed by atoms with E-state index in [2.05, 4.69) is 0 Å². The second-order valence-corrected chi connectivity index (χ2v) is 11.1. The zero-order valence-electron chi connectivity index (χ0n) is 29.2. The van der Waals surface area contributed by atoms with E-state index >= 15 is 0 Å². The van der Waals surface area contributed by atoms with Crippen LogP contribution < -0.4 is 0 Å². The van der Waals surface area contributed by atoms with E-state index in [9.17, 15) is 20.4 Å². The van der Waals surface area contributed by atoms with Crippen molar-refractivity contribution in [1.82, 2.24) is 0 Å². The summed E-state index contributed by atoms with van der Waals surface area (Å²) in [6.07, 6.45) is 10.5. The molecule has 4 unspecified atom stereocenters. The van der Waals surface area contributed by atoms with Gasteiger partial charge in [-0.1, -0.05) is 81.1 Å². The van der Waals surface area contributed by atoms with Gasteiger partial charge in [0.2, 0.25) is 0 Å². The third kappa shape index (κ3) is 45.1. The molecule has 9 heteroatoms. The van der Waals surface area contributed by atoms with Crippen molar-refractivity contribution in [2.24, 2.45) is 0 Å². The van der Waals surface area contributed by atoms with E-state index in [4.69, 9.17) is 18.9 Å². The average Bonchev–Trinajstić information content (AvgIpc) is 2.85. The average molecular weight is 676 g/mol. The van der Waals surface area contributed by atoms with Gasteiger partial charge in [0.25, 0.3) is 0 Å². The van der Waals surface area contributed by atoms with E-state index in [1.807, 2.05) is 55.4 Å². The molecule has 0 saturated heterocycles. The Morgan fingerprint density at radius 1 is 0.341 bits per heavy atom. The molecule has 0 spiro atoms. The number of aliphatic hydroxyl groups is 4. The van der Waals surface area contributed by atoms with E-state index in [0.29, 0.717) is 52.1 Å². The quantitative estimate of drug-likeness (QED) is 0.0971. The summed E-state index contributed by atoms with van der Waals surface area (Å²) < 4.78 is 20.7. The van der Waals surface area contributed by atoms with E-state index in [0.717, 1.165) is 51.4 Å². The monoisotopic (exact) mass is 674 g/mol. The summed E-state index contributed by atoms with van der Waals surface area (Å²) in [5.74, 6) is -3.59. The van der Waals surface area contributed by atoms with Gasteiger partial charge in [0.15, 0.2) is 23.1 Å². The van der Waals surface area contributed by atoms with Crippen molar-refractivity contribution < 1.29 is 65.6 Å². The molecule has 0 heterocycles. The molecule has 0 aliphatic carbocycles. The molecule has 252 valence electrons. The van der Waals surface area contributed by atoms with Crippen molar-refractivity contribution in [3.05, 3.63) is 0 Å². The van der Waals surface area contributed by atoms with Crippen LogP contribution in [0.3, 0.4) is 0 Å². The Labute approximate surface area is 274 Å². The van der Waals surface area contributed by atoms with Gasteiger partial charge in [0.05, 0.1) is 0 Å². The zero-order chi connectivity index (χ0) is 32.1. The molecule has 0 amide bonds. The number of ether oxygens (including phenoxy) is 4. The molecule has 0 aliphatic heterocycles. The van der Waals surface area contributed by atoms with Crippen LogP contribution in [0.4, 0.5) is 0 Å². The van der Waals surface area contributed by atoms with Crippen molar-refractivity contribution in [2.45, 2.75) is 183 Å². The topological polar surface area (TPSA) is 118 Å². The van der Waals surface area contributed by atoms with Gasteiger partial charge in [-0.15, -0.1) is 0 Å². The van der Waals surface area contributed by atoms with Gasteiger partial charge in [0, 0.05) is 78.3 Å². The predicted octanol–water partition coefficient (Wildman–Crippen LogP) is 7.68. The third-order valence-electron chi connectivity index (χ3n) is 5.32. The normalized spacial score (nSPS) is 16.4. The second-order valence-electron chi connectivity index (χ2n) is 11.1. The van der Waals surface area contributed by atoms with Crippen LogP contribution in [-0.2, 0) is 45.2 Å². The van der Waals surface area contributed by atoms with Crippen molar-refractivity contribution in [3.8, 4) is 0 Å². The summed E-state index contributed by atoms with van der Waals surface area (Å²) >= 11 is 0. The van der Waals surface area contributed by atoms with Crippen LogP contribution in [0.5, 0.6) is 0 Å². The van der Waals surface area contributed by atoms with Crippen LogP contribution in [0.15, 0.2) is 0 Å². The van der Waals surface area contributed by atoms with Crippen LogP contribution in [0.1, 0.15) is 160 Å². The maximum absolute atomic E-state index is 9.42. The van der Waals surface area contributed by atoms with E-state index in [-0.39, 0.29) is 26.2 Å². The van der Waals surface area contributed by atoms with Gasteiger partial charge in [0.1, 0.15) is 0 Å². The summed E-state index contributed by atoms with van der Waals surface area (Å²) in [5.41, 5.74) is 0. The maximum atomic E-state index is 9.42. The molecule has 0 fully saturated rings. The number of hydrogen-bond acceptors (Lipinski definition) is 8. The molecule has 0 aliphatic rings. The van der Waals surface area contributed by atoms with Crippen molar-refractivity contribution in [3.63, 3.8) is 0 Å². The van der Waals surface area contributed by atoms with Crippen LogP contribution in [0, 0.1) is 0 Å². The van der Waals surface area contributed by atoms with Crippen molar-refractivity contribution >= 4 is 0 Å². The van der Waals surface area contributed by atoms with Gasteiger partial charge in [-0.25, -0.2) is 0 Å². The Morgan fingerprint density at radius 3 is 0.585 bits per heavy atom. The fourth-order valence-electron chi connectivity index (χ4n) is 3.43. The Bertz CT molecular complexity index is 412. The fourth-order valence-corrected chi connectivity index (χ4v) is 3.43. The van der Waals surface area contributed by atoms with Gasteiger partial charge < -0.3 is 39.4 Å². The maximum Gasteiger partial charge on any atom is 0.162 e. The Balaban J connectivity index is -0.000000139. The standard InChI is InChI=1S/4C8H18O2.Zr/c4*1-4-6-8(3,9)10-7-5-2;/h4*9H,4-7H2,1-3H3;. The summed E-state index contributed by atoms with van der Waals surface area (Å²) in [5, 5.41) is 37.7. The zero-order valence-corrected chi connectivity index (χ0v) is 31.7. The van der Waals surface area contributed by atoms with Crippen LogP contribution >= 0.6 is 0 Å². The van der Waals surface area contributed by atoms with Crippen molar-refractivity contribution in [1.29, 1.82) is 0 Å². The summed E-state index contributed by atoms with van der Waals surface area (Å²) in [6, 6.07) is 0. The van der Waals surface area contributed by atoms with Crippen LogP contribution in [0.2, 0.25) is 0 Å². The minimum Gasteiger partial charge on any atom is -0.366 e.